The maximum absolute atomic E-state index is 10.7. The van der Waals surface area contributed by atoms with E-state index in [-0.39, 0.29) is 21.8 Å². The molecule has 110 valence electrons. The standard InChI is InChI=1S/C13H16Cl2N2O3/c14-9-6-8(17(19)20)7-10(15)13(9)16-11-4-2-1-3-5-12(11)18/h6-7,11-12,16,18H,1-5H2. The minimum absolute atomic E-state index is 0.131. The van der Waals surface area contributed by atoms with Crippen LogP contribution in [0.2, 0.25) is 10.0 Å². The molecule has 0 saturated heterocycles. The smallest absolute Gasteiger partial charge is 0.272 e. The summed E-state index contributed by atoms with van der Waals surface area (Å²) < 4.78 is 0. The van der Waals surface area contributed by atoms with Crippen LogP contribution in [0.15, 0.2) is 12.1 Å². The number of nitrogens with zero attached hydrogens (tertiary/aromatic N) is 1. The van der Waals surface area contributed by atoms with Crippen LogP contribution < -0.4 is 5.32 Å². The number of aliphatic hydroxyl groups excluding tert-OH is 1. The van der Waals surface area contributed by atoms with E-state index in [0.717, 1.165) is 32.1 Å². The van der Waals surface area contributed by atoms with E-state index in [2.05, 4.69) is 5.32 Å². The van der Waals surface area contributed by atoms with Crippen molar-refractivity contribution in [3.05, 3.63) is 32.3 Å². The van der Waals surface area contributed by atoms with Crippen molar-refractivity contribution in [2.45, 2.75) is 44.2 Å². The van der Waals surface area contributed by atoms with Gasteiger partial charge in [0, 0.05) is 12.1 Å². The van der Waals surface area contributed by atoms with Crippen molar-refractivity contribution in [1.29, 1.82) is 0 Å². The maximum Gasteiger partial charge on any atom is 0.272 e. The molecule has 2 unspecified atom stereocenters. The molecule has 1 fully saturated rings. The predicted octanol–water partition coefficient (Wildman–Crippen LogP) is 4.01. The molecule has 0 spiro atoms. The van der Waals surface area contributed by atoms with Crippen molar-refractivity contribution >= 4 is 34.6 Å². The van der Waals surface area contributed by atoms with Gasteiger partial charge in [0.1, 0.15) is 0 Å². The second-order valence-corrected chi connectivity index (χ2v) is 5.81. The van der Waals surface area contributed by atoms with Gasteiger partial charge in [0.25, 0.3) is 5.69 Å². The summed E-state index contributed by atoms with van der Waals surface area (Å²) in [7, 11) is 0. The van der Waals surface area contributed by atoms with E-state index in [1.165, 1.54) is 12.1 Å². The lowest BCUT2D eigenvalue weighted by Gasteiger charge is -2.24. The van der Waals surface area contributed by atoms with Crippen LogP contribution in [-0.4, -0.2) is 22.2 Å². The largest absolute Gasteiger partial charge is 0.391 e. The Morgan fingerprint density at radius 3 is 2.40 bits per heavy atom. The number of hydrogen-bond acceptors (Lipinski definition) is 4. The van der Waals surface area contributed by atoms with E-state index in [9.17, 15) is 15.2 Å². The van der Waals surface area contributed by atoms with E-state index in [4.69, 9.17) is 23.2 Å². The van der Waals surface area contributed by atoms with Crippen LogP contribution in [0.25, 0.3) is 0 Å². The van der Waals surface area contributed by atoms with Gasteiger partial charge in [-0.05, 0) is 12.8 Å². The van der Waals surface area contributed by atoms with E-state index in [0.29, 0.717) is 5.69 Å². The summed E-state index contributed by atoms with van der Waals surface area (Å²) in [6.07, 6.45) is 4.22. The van der Waals surface area contributed by atoms with Gasteiger partial charge < -0.3 is 10.4 Å². The number of rotatable bonds is 3. The SMILES string of the molecule is O=[N+]([O-])c1cc(Cl)c(NC2CCCCCC2O)c(Cl)c1. The predicted molar refractivity (Wildman–Crippen MR) is 79.6 cm³/mol. The number of anilines is 1. The Balaban J connectivity index is 2.22. The molecule has 0 amide bonds. The first-order valence-electron chi connectivity index (χ1n) is 6.57. The van der Waals surface area contributed by atoms with Crippen LogP contribution in [-0.2, 0) is 0 Å². The Morgan fingerprint density at radius 2 is 1.80 bits per heavy atom. The van der Waals surface area contributed by atoms with Gasteiger partial charge in [0.05, 0.1) is 32.8 Å². The summed E-state index contributed by atoms with van der Waals surface area (Å²) in [4.78, 5) is 10.2. The number of nitro benzene ring substituents is 1. The molecule has 0 bridgehead atoms. The third-order valence-electron chi connectivity index (χ3n) is 3.55. The van der Waals surface area contributed by atoms with Gasteiger partial charge in [-0.1, -0.05) is 42.5 Å². The van der Waals surface area contributed by atoms with Crippen molar-refractivity contribution in [2.24, 2.45) is 0 Å². The Morgan fingerprint density at radius 1 is 1.20 bits per heavy atom. The number of hydrogen-bond donors (Lipinski definition) is 2. The third kappa shape index (κ3) is 3.53. The minimum atomic E-state index is -0.540. The van der Waals surface area contributed by atoms with Crippen LogP contribution in [0.3, 0.4) is 0 Å². The monoisotopic (exact) mass is 318 g/mol. The minimum Gasteiger partial charge on any atom is -0.391 e. The molecule has 2 atom stereocenters. The Kier molecular flexibility index (Phi) is 5.07. The summed E-state index contributed by atoms with van der Waals surface area (Å²) in [6, 6.07) is 2.39. The second-order valence-electron chi connectivity index (χ2n) is 5.00. The molecule has 1 aromatic carbocycles. The highest BCUT2D eigenvalue weighted by molar-refractivity contribution is 6.39. The molecule has 1 aliphatic rings. The van der Waals surface area contributed by atoms with Crippen molar-refractivity contribution in [2.75, 3.05) is 5.32 Å². The summed E-state index contributed by atoms with van der Waals surface area (Å²) >= 11 is 12.1. The molecule has 0 heterocycles. The number of aliphatic hydroxyl groups is 1. The van der Waals surface area contributed by atoms with Crippen molar-refractivity contribution in [3.63, 3.8) is 0 Å². The van der Waals surface area contributed by atoms with Gasteiger partial charge in [0.15, 0.2) is 0 Å². The summed E-state index contributed by atoms with van der Waals surface area (Å²) in [6.45, 7) is 0. The maximum atomic E-state index is 10.7. The first-order chi connectivity index (χ1) is 9.49. The quantitative estimate of drug-likeness (QED) is 0.501. The van der Waals surface area contributed by atoms with Gasteiger partial charge in [-0.2, -0.15) is 0 Å². The van der Waals surface area contributed by atoms with E-state index < -0.39 is 11.0 Å². The Bertz CT molecular complexity index is 487. The number of non-ortho nitro benzene ring substituents is 1. The van der Waals surface area contributed by atoms with Gasteiger partial charge in [-0.25, -0.2) is 0 Å². The fourth-order valence-corrected chi connectivity index (χ4v) is 3.03. The van der Waals surface area contributed by atoms with Crippen LogP contribution in [0.5, 0.6) is 0 Å². The van der Waals surface area contributed by atoms with Crippen molar-refractivity contribution in [3.8, 4) is 0 Å². The molecule has 1 aliphatic carbocycles. The summed E-state index contributed by atoms with van der Waals surface area (Å²) in [5, 5.41) is 24.3. The number of nitro groups is 1. The van der Waals surface area contributed by atoms with E-state index in [1.54, 1.807) is 0 Å². The molecule has 7 heteroatoms. The fourth-order valence-electron chi connectivity index (χ4n) is 2.44. The third-order valence-corrected chi connectivity index (χ3v) is 4.14. The summed E-state index contributed by atoms with van der Waals surface area (Å²) in [5.74, 6) is 0. The normalized spacial score (nSPS) is 23.1. The van der Waals surface area contributed by atoms with Gasteiger partial charge in [-0.15, -0.1) is 0 Å². The second kappa shape index (κ2) is 6.61. The van der Waals surface area contributed by atoms with Gasteiger partial charge in [-0.3, -0.25) is 10.1 Å². The molecule has 5 nitrogen and oxygen atoms in total. The molecule has 1 aromatic rings. The highest BCUT2D eigenvalue weighted by atomic mass is 35.5. The molecule has 0 radical (unpaired) electrons. The molecule has 20 heavy (non-hydrogen) atoms. The molecular formula is C13H16Cl2N2O3. The molecule has 0 aromatic heterocycles. The van der Waals surface area contributed by atoms with E-state index >= 15 is 0 Å². The Hall–Kier alpha value is -1.04. The topological polar surface area (TPSA) is 75.4 Å². The van der Waals surface area contributed by atoms with Crippen LogP contribution in [0.4, 0.5) is 11.4 Å². The zero-order valence-corrected chi connectivity index (χ0v) is 12.3. The van der Waals surface area contributed by atoms with Crippen molar-refractivity contribution < 1.29 is 10.0 Å². The highest BCUT2D eigenvalue weighted by Gasteiger charge is 2.24. The zero-order valence-electron chi connectivity index (χ0n) is 10.8. The molecule has 2 N–H and O–H groups in total. The molecular weight excluding hydrogens is 303 g/mol. The van der Waals surface area contributed by atoms with Crippen molar-refractivity contribution in [1.82, 2.24) is 0 Å². The summed E-state index contributed by atoms with van der Waals surface area (Å²) in [5.41, 5.74) is 0.303. The average molecular weight is 319 g/mol. The van der Waals surface area contributed by atoms with Gasteiger partial charge >= 0.3 is 0 Å². The lowest BCUT2D eigenvalue weighted by Crippen LogP contribution is -2.32. The first kappa shape index (κ1) is 15.4. The van der Waals surface area contributed by atoms with Crippen LogP contribution >= 0.6 is 23.2 Å². The molecule has 0 aliphatic heterocycles. The Labute approximate surface area is 127 Å². The van der Waals surface area contributed by atoms with Gasteiger partial charge in [0.2, 0.25) is 0 Å². The molecule has 1 saturated carbocycles. The molecule has 2 rings (SSSR count). The fraction of sp³-hybridized carbons (Fsp3) is 0.538. The van der Waals surface area contributed by atoms with E-state index in [1.807, 2.05) is 0 Å². The number of nitrogens with one attached hydrogen (secondary N) is 1. The number of benzene rings is 1. The van der Waals surface area contributed by atoms with Crippen LogP contribution in [0, 0.1) is 10.1 Å². The lowest BCUT2D eigenvalue weighted by atomic mass is 10.1. The highest BCUT2D eigenvalue weighted by Crippen LogP contribution is 2.36. The van der Waals surface area contributed by atoms with Crippen LogP contribution in [0.1, 0.15) is 32.1 Å². The zero-order chi connectivity index (χ0) is 14.7. The first-order valence-corrected chi connectivity index (χ1v) is 7.32. The lowest BCUT2D eigenvalue weighted by molar-refractivity contribution is -0.384. The number of halogens is 2. The average Bonchev–Trinajstić information content (AvgIpc) is 2.58.